The largest absolute Gasteiger partial charge is 0.393 e. The Morgan fingerprint density at radius 1 is 1.42 bits per heavy atom. The van der Waals surface area contributed by atoms with Crippen LogP contribution in [-0.4, -0.2) is 36.6 Å². The molecule has 2 rings (SSSR count). The van der Waals surface area contributed by atoms with Crippen molar-refractivity contribution in [3.63, 3.8) is 0 Å². The average Bonchev–Trinajstić information content (AvgIpc) is 2.79. The summed E-state index contributed by atoms with van der Waals surface area (Å²) in [6.07, 6.45) is 2.81. The Morgan fingerprint density at radius 3 is 2.17 bits per heavy atom. The van der Waals surface area contributed by atoms with Crippen LogP contribution in [0.15, 0.2) is 0 Å². The highest BCUT2D eigenvalue weighted by molar-refractivity contribution is 4.69. The molecule has 2 aliphatic heterocycles. The third kappa shape index (κ3) is 6.58. The number of rotatable bonds is 3. The first-order valence-electron chi connectivity index (χ1n) is 4.59. The molecule has 2 heterocycles. The van der Waals surface area contributed by atoms with Crippen LogP contribution >= 0.6 is 0 Å². The minimum absolute atomic E-state index is 0.154. The molecule has 3 heteroatoms. The molecule has 3 unspecified atom stereocenters. The summed E-state index contributed by atoms with van der Waals surface area (Å²) >= 11 is 0. The highest BCUT2D eigenvalue weighted by atomic mass is 16.6. The van der Waals surface area contributed by atoms with E-state index >= 15 is 0 Å². The van der Waals surface area contributed by atoms with Crippen molar-refractivity contribution in [2.75, 3.05) is 13.2 Å². The average molecular weight is 174 g/mol. The molecule has 0 bridgehead atoms. The van der Waals surface area contributed by atoms with Gasteiger partial charge in [-0.05, 0) is 26.7 Å². The van der Waals surface area contributed by atoms with Gasteiger partial charge in [0, 0.05) is 0 Å². The fraction of sp³-hybridized carbons (Fsp3) is 1.00. The van der Waals surface area contributed by atoms with Crippen LogP contribution in [-0.2, 0) is 9.47 Å². The van der Waals surface area contributed by atoms with Gasteiger partial charge in [-0.15, -0.1) is 0 Å². The lowest BCUT2D eigenvalue weighted by Gasteiger charge is -1.98. The SMILES string of the molecule is CC(O)CCC1CO1.CC1CO1. The predicted molar refractivity (Wildman–Crippen MR) is 46.1 cm³/mol. The molecule has 12 heavy (non-hydrogen) atoms. The van der Waals surface area contributed by atoms with Gasteiger partial charge in [0.05, 0.1) is 31.5 Å². The predicted octanol–water partition coefficient (Wildman–Crippen LogP) is 0.951. The maximum absolute atomic E-state index is 8.77. The quantitative estimate of drug-likeness (QED) is 0.648. The van der Waals surface area contributed by atoms with Gasteiger partial charge in [-0.2, -0.15) is 0 Å². The van der Waals surface area contributed by atoms with Crippen molar-refractivity contribution in [3.8, 4) is 0 Å². The lowest BCUT2D eigenvalue weighted by atomic mass is 10.2. The number of aliphatic hydroxyl groups excluding tert-OH is 1. The summed E-state index contributed by atoms with van der Waals surface area (Å²) in [5, 5.41) is 8.77. The zero-order valence-corrected chi connectivity index (χ0v) is 7.82. The molecule has 1 N–H and O–H groups in total. The van der Waals surface area contributed by atoms with Gasteiger partial charge in [0.25, 0.3) is 0 Å². The first-order chi connectivity index (χ1) is 5.68. The molecule has 3 atom stereocenters. The van der Waals surface area contributed by atoms with Crippen molar-refractivity contribution < 1.29 is 14.6 Å². The van der Waals surface area contributed by atoms with E-state index in [1.54, 1.807) is 0 Å². The fourth-order valence-corrected chi connectivity index (χ4v) is 0.758. The molecule has 0 aromatic heterocycles. The van der Waals surface area contributed by atoms with Crippen molar-refractivity contribution in [1.82, 2.24) is 0 Å². The Kier molecular flexibility index (Phi) is 3.98. The van der Waals surface area contributed by atoms with Crippen molar-refractivity contribution in [2.24, 2.45) is 0 Å². The number of ether oxygens (including phenoxy) is 2. The highest BCUT2D eigenvalue weighted by Gasteiger charge is 2.21. The van der Waals surface area contributed by atoms with Gasteiger partial charge >= 0.3 is 0 Å². The molecule has 2 saturated heterocycles. The standard InChI is InChI=1S/C6H12O2.C3H6O/c1-5(7)2-3-6-4-8-6;1-3-2-4-3/h5-7H,2-4H2,1H3;3H,2H2,1H3. The van der Waals surface area contributed by atoms with Gasteiger partial charge in [-0.3, -0.25) is 0 Å². The monoisotopic (exact) mass is 174 g/mol. The van der Waals surface area contributed by atoms with Crippen LogP contribution in [0.2, 0.25) is 0 Å². The first kappa shape index (κ1) is 9.96. The van der Waals surface area contributed by atoms with E-state index in [9.17, 15) is 0 Å². The molecule has 2 fully saturated rings. The van der Waals surface area contributed by atoms with Crippen LogP contribution in [0.25, 0.3) is 0 Å². The van der Waals surface area contributed by atoms with Crippen molar-refractivity contribution in [2.45, 2.75) is 45.0 Å². The third-order valence-corrected chi connectivity index (χ3v) is 1.81. The Morgan fingerprint density at radius 2 is 1.92 bits per heavy atom. The van der Waals surface area contributed by atoms with E-state index in [2.05, 4.69) is 6.92 Å². The Balaban J connectivity index is 0.000000150. The number of hydrogen-bond donors (Lipinski definition) is 1. The molecule has 3 nitrogen and oxygen atoms in total. The summed E-state index contributed by atoms with van der Waals surface area (Å²) in [5.74, 6) is 0. The molecular formula is C9H18O3. The molecule has 0 radical (unpaired) electrons. The molecule has 0 aromatic carbocycles. The second-order valence-corrected chi connectivity index (χ2v) is 3.53. The minimum atomic E-state index is -0.154. The van der Waals surface area contributed by atoms with Crippen molar-refractivity contribution in [1.29, 1.82) is 0 Å². The molecule has 0 saturated carbocycles. The lowest BCUT2D eigenvalue weighted by molar-refractivity contribution is 0.176. The van der Waals surface area contributed by atoms with Crippen molar-refractivity contribution >= 4 is 0 Å². The Labute approximate surface area is 73.7 Å². The molecule has 72 valence electrons. The zero-order valence-electron chi connectivity index (χ0n) is 7.82. The lowest BCUT2D eigenvalue weighted by Crippen LogP contribution is -2.00. The molecule has 0 aliphatic carbocycles. The van der Waals surface area contributed by atoms with Crippen LogP contribution in [0, 0.1) is 0 Å². The van der Waals surface area contributed by atoms with Crippen molar-refractivity contribution in [3.05, 3.63) is 0 Å². The summed E-state index contributed by atoms with van der Waals surface area (Å²) in [6, 6.07) is 0. The Hall–Kier alpha value is -0.120. The Bertz CT molecular complexity index is 115. The normalized spacial score (nSPS) is 33.2. The van der Waals surface area contributed by atoms with Crippen LogP contribution in [0.3, 0.4) is 0 Å². The summed E-state index contributed by atoms with van der Waals surface area (Å²) in [6.45, 7) is 5.76. The molecule has 0 amide bonds. The number of epoxide rings is 2. The fourth-order valence-electron chi connectivity index (χ4n) is 0.758. The highest BCUT2D eigenvalue weighted by Crippen LogP contribution is 2.15. The van der Waals surface area contributed by atoms with E-state index < -0.39 is 0 Å². The van der Waals surface area contributed by atoms with Gasteiger partial charge in [-0.25, -0.2) is 0 Å². The van der Waals surface area contributed by atoms with Crippen LogP contribution < -0.4 is 0 Å². The zero-order chi connectivity index (χ0) is 8.97. The summed E-state index contributed by atoms with van der Waals surface area (Å²) in [7, 11) is 0. The summed E-state index contributed by atoms with van der Waals surface area (Å²) in [4.78, 5) is 0. The summed E-state index contributed by atoms with van der Waals surface area (Å²) in [5.41, 5.74) is 0. The van der Waals surface area contributed by atoms with E-state index in [1.807, 2.05) is 6.92 Å². The smallest absolute Gasteiger partial charge is 0.0810 e. The molecule has 0 spiro atoms. The molecule has 2 aliphatic rings. The minimum Gasteiger partial charge on any atom is -0.393 e. The van der Waals surface area contributed by atoms with Gasteiger partial charge in [0.2, 0.25) is 0 Å². The van der Waals surface area contributed by atoms with E-state index in [4.69, 9.17) is 14.6 Å². The van der Waals surface area contributed by atoms with E-state index in [0.29, 0.717) is 12.2 Å². The van der Waals surface area contributed by atoms with Gasteiger partial charge in [0.15, 0.2) is 0 Å². The number of hydrogen-bond acceptors (Lipinski definition) is 3. The number of aliphatic hydroxyl groups is 1. The van der Waals surface area contributed by atoms with E-state index in [1.165, 1.54) is 0 Å². The van der Waals surface area contributed by atoms with Gasteiger partial charge in [0.1, 0.15) is 0 Å². The van der Waals surface area contributed by atoms with Gasteiger partial charge < -0.3 is 14.6 Å². The maximum atomic E-state index is 8.77. The van der Waals surface area contributed by atoms with Crippen LogP contribution in [0.4, 0.5) is 0 Å². The van der Waals surface area contributed by atoms with Gasteiger partial charge in [-0.1, -0.05) is 0 Å². The third-order valence-electron chi connectivity index (χ3n) is 1.81. The maximum Gasteiger partial charge on any atom is 0.0810 e. The van der Waals surface area contributed by atoms with Crippen LogP contribution in [0.1, 0.15) is 26.7 Å². The second-order valence-electron chi connectivity index (χ2n) is 3.53. The second kappa shape index (κ2) is 4.80. The molecule has 0 aromatic rings. The first-order valence-corrected chi connectivity index (χ1v) is 4.59. The van der Waals surface area contributed by atoms with E-state index in [0.717, 1.165) is 26.1 Å². The van der Waals surface area contributed by atoms with E-state index in [-0.39, 0.29) is 6.10 Å². The topological polar surface area (TPSA) is 45.3 Å². The molecular weight excluding hydrogens is 156 g/mol. The summed E-state index contributed by atoms with van der Waals surface area (Å²) < 4.78 is 9.66. The van der Waals surface area contributed by atoms with Crippen LogP contribution in [0.5, 0.6) is 0 Å².